The zero-order valence-corrected chi connectivity index (χ0v) is 14.9. The normalized spacial score (nSPS) is 11.4. The Labute approximate surface area is 152 Å². The van der Waals surface area contributed by atoms with Crippen molar-refractivity contribution in [1.82, 2.24) is 5.32 Å². The minimum absolute atomic E-state index is 0.143. The fourth-order valence-electron chi connectivity index (χ4n) is 2.21. The molecule has 0 radical (unpaired) electrons. The smallest absolute Gasteiger partial charge is 0.326 e. The fourth-order valence-corrected chi connectivity index (χ4v) is 2.65. The Morgan fingerprint density at radius 3 is 2.52 bits per heavy atom. The number of halogens is 1. The Morgan fingerprint density at radius 1 is 1.16 bits per heavy atom. The lowest BCUT2D eigenvalue weighted by atomic mass is 10.1. The van der Waals surface area contributed by atoms with Gasteiger partial charge in [-0.25, -0.2) is 4.79 Å². The van der Waals surface area contributed by atoms with Gasteiger partial charge in [-0.05, 0) is 35.9 Å². The minimum atomic E-state index is -1.13. The second kappa shape index (κ2) is 8.43. The van der Waals surface area contributed by atoms with Crippen LogP contribution in [0.3, 0.4) is 0 Å². The molecule has 2 rings (SSSR count). The molecule has 6 nitrogen and oxygen atoms in total. The van der Waals surface area contributed by atoms with Crippen LogP contribution in [0.4, 0.5) is 0 Å². The fraction of sp³-hybridized carbons (Fsp3) is 0.167. The lowest BCUT2D eigenvalue weighted by molar-refractivity contribution is -0.139. The van der Waals surface area contributed by atoms with E-state index in [1.807, 2.05) is 6.07 Å². The first kappa shape index (κ1) is 18.7. The SMILES string of the molecule is CC(=O)Oc1cccc(C(=O)N[C@H](Cc2cccc(Br)c2)C(=O)O)c1. The summed E-state index contributed by atoms with van der Waals surface area (Å²) in [4.78, 5) is 34.8. The van der Waals surface area contributed by atoms with Gasteiger partial charge in [-0.3, -0.25) is 9.59 Å². The van der Waals surface area contributed by atoms with Crippen molar-refractivity contribution in [3.8, 4) is 5.75 Å². The van der Waals surface area contributed by atoms with Gasteiger partial charge in [0.25, 0.3) is 5.91 Å². The number of carbonyl (C=O) groups is 3. The number of amides is 1. The Kier molecular flexibility index (Phi) is 6.30. The number of carboxylic acid groups (broad SMARTS) is 1. The van der Waals surface area contributed by atoms with Crippen LogP contribution in [-0.4, -0.2) is 29.0 Å². The average molecular weight is 406 g/mol. The number of carbonyl (C=O) groups excluding carboxylic acids is 2. The molecule has 0 spiro atoms. The largest absolute Gasteiger partial charge is 0.480 e. The van der Waals surface area contributed by atoms with Crippen molar-refractivity contribution in [2.75, 3.05) is 0 Å². The van der Waals surface area contributed by atoms with Gasteiger partial charge in [-0.15, -0.1) is 0 Å². The molecule has 2 aromatic carbocycles. The van der Waals surface area contributed by atoms with Gasteiger partial charge in [0.2, 0.25) is 0 Å². The molecule has 7 heteroatoms. The van der Waals surface area contributed by atoms with E-state index in [-0.39, 0.29) is 17.7 Å². The van der Waals surface area contributed by atoms with Gasteiger partial charge >= 0.3 is 11.9 Å². The number of nitrogens with one attached hydrogen (secondary N) is 1. The van der Waals surface area contributed by atoms with Crippen LogP contribution in [-0.2, 0) is 16.0 Å². The zero-order chi connectivity index (χ0) is 18.4. The van der Waals surface area contributed by atoms with Crippen molar-refractivity contribution in [2.24, 2.45) is 0 Å². The molecular formula is C18H16BrNO5. The van der Waals surface area contributed by atoms with Gasteiger partial charge in [0, 0.05) is 23.4 Å². The van der Waals surface area contributed by atoms with Gasteiger partial charge in [0.1, 0.15) is 11.8 Å². The van der Waals surface area contributed by atoms with Gasteiger partial charge in [-0.2, -0.15) is 0 Å². The van der Waals surface area contributed by atoms with Gasteiger partial charge < -0.3 is 15.2 Å². The van der Waals surface area contributed by atoms with Crippen molar-refractivity contribution < 1.29 is 24.2 Å². The molecule has 0 aliphatic carbocycles. The molecule has 0 aliphatic heterocycles. The molecule has 0 fully saturated rings. The Hall–Kier alpha value is -2.67. The van der Waals surface area contributed by atoms with Crippen LogP contribution in [0.15, 0.2) is 53.0 Å². The third-order valence-corrected chi connectivity index (χ3v) is 3.78. The molecule has 25 heavy (non-hydrogen) atoms. The topological polar surface area (TPSA) is 92.7 Å². The van der Waals surface area contributed by atoms with E-state index in [4.69, 9.17) is 4.74 Å². The highest BCUT2D eigenvalue weighted by molar-refractivity contribution is 9.10. The predicted molar refractivity (Wildman–Crippen MR) is 94.5 cm³/mol. The molecule has 0 unspecified atom stereocenters. The number of benzene rings is 2. The maximum Gasteiger partial charge on any atom is 0.326 e. The summed E-state index contributed by atoms with van der Waals surface area (Å²) >= 11 is 3.33. The van der Waals surface area contributed by atoms with E-state index in [9.17, 15) is 19.5 Å². The van der Waals surface area contributed by atoms with E-state index < -0.39 is 23.9 Å². The van der Waals surface area contributed by atoms with Crippen molar-refractivity contribution in [3.05, 3.63) is 64.1 Å². The van der Waals surface area contributed by atoms with Crippen molar-refractivity contribution in [2.45, 2.75) is 19.4 Å². The molecule has 1 atom stereocenters. The first-order valence-corrected chi connectivity index (χ1v) is 8.21. The van der Waals surface area contributed by atoms with E-state index in [1.165, 1.54) is 25.1 Å². The summed E-state index contributed by atoms with van der Waals surface area (Å²) in [7, 11) is 0. The third-order valence-electron chi connectivity index (χ3n) is 3.29. The Morgan fingerprint density at radius 2 is 1.88 bits per heavy atom. The highest BCUT2D eigenvalue weighted by atomic mass is 79.9. The number of rotatable bonds is 6. The second-order valence-electron chi connectivity index (χ2n) is 5.32. The Balaban J connectivity index is 2.12. The summed E-state index contributed by atoms with van der Waals surface area (Å²) in [6.45, 7) is 1.26. The van der Waals surface area contributed by atoms with Crippen LogP contribution in [0.2, 0.25) is 0 Å². The molecule has 0 heterocycles. The zero-order valence-electron chi connectivity index (χ0n) is 13.4. The molecule has 130 valence electrons. The predicted octanol–water partition coefficient (Wildman–Crippen LogP) is 2.80. The summed E-state index contributed by atoms with van der Waals surface area (Å²) in [5.74, 6) is -1.98. The molecular weight excluding hydrogens is 390 g/mol. The van der Waals surface area contributed by atoms with E-state index in [1.54, 1.807) is 24.3 Å². The highest BCUT2D eigenvalue weighted by Gasteiger charge is 2.21. The first-order valence-electron chi connectivity index (χ1n) is 7.42. The van der Waals surface area contributed by atoms with Crippen molar-refractivity contribution in [1.29, 1.82) is 0 Å². The molecule has 0 saturated heterocycles. The summed E-state index contributed by atoms with van der Waals surface area (Å²) in [5.41, 5.74) is 0.981. The molecule has 0 aliphatic rings. The van der Waals surface area contributed by atoms with Crippen LogP contribution in [0.5, 0.6) is 5.75 Å². The van der Waals surface area contributed by atoms with Crippen LogP contribution >= 0.6 is 15.9 Å². The van der Waals surface area contributed by atoms with E-state index in [2.05, 4.69) is 21.2 Å². The maximum absolute atomic E-state index is 12.3. The lowest BCUT2D eigenvalue weighted by Crippen LogP contribution is -2.42. The first-order chi connectivity index (χ1) is 11.8. The molecule has 0 saturated carbocycles. The third kappa shape index (κ3) is 5.72. The van der Waals surface area contributed by atoms with E-state index >= 15 is 0 Å². The highest BCUT2D eigenvalue weighted by Crippen LogP contribution is 2.15. The molecule has 0 aromatic heterocycles. The second-order valence-corrected chi connectivity index (χ2v) is 6.24. The molecule has 1 amide bonds. The van der Waals surface area contributed by atoms with E-state index in [0.29, 0.717) is 0 Å². The summed E-state index contributed by atoms with van der Waals surface area (Å²) in [6, 6.07) is 12.1. The minimum Gasteiger partial charge on any atom is -0.480 e. The van der Waals surface area contributed by atoms with Gasteiger partial charge in [-0.1, -0.05) is 34.1 Å². The summed E-state index contributed by atoms with van der Waals surface area (Å²) < 4.78 is 5.75. The summed E-state index contributed by atoms with van der Waals surface area (Å²) in [6.07, 6.45) is 0.143. The Bertz CT molecular complexity index is 806. The lowest BCUT2D eigenvalue weighted by Gasteiger charge is -2.15. The molecule has 2 N–H and O–H groups in total. The summed E-state index contributed by atoms with van der Waals surface area (Å²) in [5, 5.41) is 11.9. The van der Waals surface area contributed by atoms with Crippen molar-refractivity contribution in [3.63, 3.8) is 0 Å². The van der Waals surface area contributed by atoms with Crippen molar-refractivity contribution >= 4 is 33.8 Å². The monoisotopic (exact) mass is 405 g/mol. The van der Waals surface area contributed by atoms with Gasteiger partial charge in [0.15, 0.2) is 0 Å². The standard InChI is InChI=1S/C18H16BrNO5/c1-11(21)25-15-7-3-5-13(10-15)17(22)20-16(18(23)24)9-12-4-2-6-14(19)8-12/h2-8,10,16H,9H2,1H3,(H,20,22)(H,23,24)/t16-/m1/s1. The number of hydrogen-bond acceptors (Lipinski definition) is 4. The quantitative estimate of drug-likeness (QED) is 0.569. The number of aliphatic carboxylic acids is 1. The molecule has 2 aromatic rings. The van der Waals surface area contributed by atoms with Crippen LogP contribution in [0.25, 0.3) is 0 Å². The van der Waals surface area contributed by atoms with Crippen LogP contribution in [0, 0.1) is 0 Å². The average Bonchev–Trinajstić information content (AvgIpc) is 2.53. The van der Waals surface area contributed by atoms with Crippen LogP contribution < -0.4 is 10.1 Å². The molecule has 0 bridgehead atoms. The number of hydrogen-bond donors (Lipinski definition) is 2. The number of carboxylic acids is 1. The maximum atomic E-state index is 12.3. The van der Waals surface area contributed by atoms with E-state index in [0.717, 1.165) is 10.0 Å². The van der Waals surface area contributed by atoms with Gasteiger partial charge in [0.05, 0.1) is 0 Å². The number of esters is 1. The van der Waals surface area contributed by atoms with Crippen LogP contribution in [0.1, 0.15) is 22.8 Å². The number of ether oxygens (including phenoxy) is 1.